The van der Waals surface area contributed by atoms with Crippen LogP contribution in [-0.4, -0.2) is 22.4 Å². The molecule has 0 bridgehead atoms. The van der Waals surface area contributed by atoms with E-state index in [9.17, 15) is 5.11 Å². The van der Waals surface area contributed by atoms with Gasteiger partial charge in [-0.15, -0.1) is 6.58 Å². The molecule has 74 valence electrons. The Balaban J connectivity index is 2.78. The second-order valence-corrected chi connectivity index (χ2v) is 3.81. The number of hydrogen-bond acceptors (Lipinski definition) is 2. The molecule has 2 N–H and O–H groups in total. The lowest BCUT2D eigenvalue weighted by molar-refractivity contribution is 0.00762. The van der Waals surface area contributed by atoms with Gasteiger partial charge in [-0.05, 0) is 18.4 Å². The van der Waals surface area contributed by atoms with Gasteiger partial charge in [0, 0.05) is 5.92 Å². The lowest BCUT2D eigenvalue weighted by Gasteiger charge is -2.38. The third-order valence-corrected chi connectivity index (χ3v) is 2.97. The SMILES string of the molecule is C=C[C@@]1(O)CCCC[C@@H]1C(=C)CO. The highest BCUT2D eigenvalue weighted by Gasteiger charge is 2.37. The zero-order valence-corrected chi connectivity index (χ0v) is 8.00. The first-order valence-electron chi connectivity index (χ1n) is 4.78. The third-order valence-electron chi connectivity index (χ3n) is 2.97. The van der Waals surface area contributed by atoms with Crippen molar-refractivity contribution in [2.45, 2.75) is 31.3 Å². The van der Waals surface area contributed by atoms with Crippen LogP contribution in [0.1, 0.15) is 25.7 Å². The second-order valence-electron chi connectivity index (χ2n) is 3.81. The van der Waals surface area contributed by atoms with E-state index >= 15 is 0 Å². The summed E-state index contributed by atoms with van der Waals surface area (Å²) in [7, 11) is 0. The minimum absolute atomic E-state index is 0.0104. The normalized spacial score (nSPS) is 34.2. The van der Waals surface area contributed by atoms with Crippen LogP contribution in [0.3, 0.4) is 0 Å². The van der Waals surface area contributed by atoms with E-state index in [0.717, 1.165) is 31.3 Å². The molecule has 1 rings (SSSR count). The van der Waals surface area contributed by atoms with Crippen LogP contribution in [0.4, 0.5) is 0 Å². The molecule has 0 spiro atoms. The van der Waals surface area contributed by atoms with Gasteiger partial charge >= 0.3 is 0 Å². The van der Waals surface area contributed by atoms with Crippen molar-refractivity contribution in [3.63, 3.8) is 0 Å². The summed E-state index contributed by atoms with van der Waals surface area (Å²) in [5.41, 5.74) is -0.111. The largest absolute Gasteiger partial charge is 0.392 e. The van der Waals surface area contributed by atoms with Gasteiger partial charge in [0.25, 0.3) is 0 Å². The molecule has 2 atom stereocenters. The quantitative estimate of drug-likeness (QED) is 0.651. The molecule has 1 fully saturated rings. The van der Waals surface area contributed by atoms with Crippen molar-refractivity contribution >= 4 is 0 Å². The molecule has 0 unspecified atom stereocenters. The Kier molecular flexibility index (Phi) is 3.28. The van der Waals surface area contributed by atoms with Crippen molar-refractivity contribution < 1.29 is 10.2 Å². The van der Waals surface area contributed by atoms with E-state index in [1.807, 2.05) is 0 Å². The van der Waals surface area contributed by atoms with Gasteiger partial charge in [0.1, 0.15) is 0 Å². The van der Waals surface area contributed by atoms with E-state index in [1.165, 1.54) is 0 Å². The van der Waals surface area contributed by atoms with E-state index < -0.39 is 5.60 Å². The van der Waals surface area contributed by atoms with Crippen LogP contribution in [0.2, 0.25) is 0 Å². The Morgan fingerprint density at radius 1 is 1.54 bits per heavy atom. The lowest BCUT2D eigenvalue weighted by Crippen LogP contribution is -2.40. The van der Waals surface area contributed by atoms with Crippen LogP contribution < -0.4 is 0 Å². The smallest absolute Gasteiger partial charge is 0.0890 e. The van der Waals surface area contributed by atoms with Crippen LogP contribution in [0.5, 0.6) is 0 Å². The number of hydrogen-bond donors (Lipinski definition) is 2. The topological polar surface area (TPSA) is 40.5 Å². The maximum absolute atomic E-state index is 10.2. The zero-order valence-electron chi connectivity index (χ0n) is 8.00. The van der Waals surface area contributed by atoms with Gasteiger partial charge < -0.3 is 10.2 Å². The fraction of sp³-hybridized carbons (Fsp3) is 0.636. The van der Waals surface area contributed by atoms with Crippen molar-refractivity contribution in [3.8, 4) is 0 Å². The summed E-state index contributed by atoms with van der Waals surface area (Å²) in [5, 5.41) is 19.1. The van der Waals surface area contributed by atoms with Crippen molar-refractivity contribution in [1.82, 2.24) is 0 Å². The molecule has 1 aliphatic rings. The van der Waals surface area contributed by atoms with E-state index in [2.05, 4.69) is 13.2 Å². The summed E-state index contributed by atoms with van der Waals surface area (Å²) < 4.78 is 0. The molecule has 2 heteroatoms. The molecule has 0 amide bonds. The molecule has 0 aromatic heterocycles. The molecular weight excluding hydrogens is 164 g/mol. The number of rotatable bonds is 3. The summed E-state index contributed by atoms with van der Waals surface area (Å²) in [6, 6.07) is 0. The summed E-state index contributed by atoms with van der Waals surface area (Å²) in [4.78, 5) is 0. The first-order chi connectivity index (χ1) is 6.14. The second kappa shape index (κ2) is 4.07. The number of aliphatic hydroxyl groups is 2. The highest BCUT2D eigenvalue weighted by atomic mass is 16.3. The molecule has 1 saturated carbocycles. The molecule has 0 aromatic carbocycles. The Hall–Kier alpha value is -0.600. The fourth-order valence-electron chi connectivity index (χ4n) is 2.09. The first kappa shape index (κ1) is 10.5. The first-order valence-corrected chi connectivity index (χ1v) is 4.78. The molecule has 0 radical (unpaired) electrons. The molecular formula is C11H18O2. The fourth-order valence-corrected chi connectivity index (χ4v) is 2.09. The average molecular weight is 182 g/mol. The summed E-state index contributed by atoms with van der Waals surface area (Å²) in [6.07, 6.45) is 5.36. The van der Waals surface area contributed by atoms with E-state index in [1.54, 1.807) is 6.08 Å². The molecule has 0 aliphatic heterocycles. The van der Waals surface area contributed by atoms with Crippen LogP contribution in [0, 0.1) is 5.92 Å². The minimum atomic E-state index is -0.835. The molecule has 2 nitrogen and oxygen atoms in total. The molecule has 0 saturated heterocycles. The Labute approximate surface area is 79.6 Å². The van der Waals surface area contributed by atoms with Gasteiger partial charge in [-0.1, -0.05) is 25.5 Å². The minimum Gasteiger partial charge on any atom is -0.392 e. The summed E-state index contributed by atoms with van der Waals surface area (Å²) in [5.74, 6) is -0.0104. The van der Waals surface area contributed by atoms with E-state index in [0.29, 0.717) is 0 Å². The van der Waals surface area contributed by atoms with Gasteiger partial charge in [-0.2, -0.15) is 0 Å². The van der Waals surface area contributed by atoms with Crippen molar-refractivity contribution in [2.24, 2.45) is 5.92 Å². The van der Waals surface area contributed by atoms with Gasteiger partial charge in [0.2, 0.25) is 0 Å². The molecule has 13 heavy (non-hydrogen) atoms. The highest BCUT2D eigenvalue weighted by molar-refractivity contribution is 5.15. The van der Waals surface area contributed by atoms with Gasteiger partial charge in [0.15, 0.2) is 0 Å². The van der Waals surface area contributed by atoms with Crippen LogP contribution >= 0.6 is 0 Å². The summed E-state index contributed by atoms with van der Waals surface area (Å²) >= 11 is 0. The van der Waals surface area contributed by atoms with E-state index in [-0.39, 0.29) is 12.5 Å². The molecule has 0 heterocycles. The Morgan fingerprint density at radius 3 is 2.77 bits per heavy atom. The average Bonchev–Trinajstić information content (AvgIpc) is 2.17. The van der Waals surface area contributed by atoms with Gasteiger partial charge in [-0.25, -0.2) is 0 Å². The van der Waals surface area contributed by atoms with Crippen molar-refractivity contribution in [3.05, 3.63) is 24.8 Å². The lowest BCUT2D eigenvalue weighted by atomic mass is 9.72. The predicted octanol–water partition coefficient (Wildman–Crippen LogP) is 1.64. The van der Waals surface area contributed by atoms with E-state index in [4.69, 9.17) is 5.11 Å². The van der Waals surface area contributed by atoms with Crippen LogP contribution in [0.15, 0.2) is 24.8 Å². The van der Waals surface area contributed by atoms with Crippen LogP contribution in [-0.2, 0) is 0 Å². The number of aliphatic hydroxyl groups excluding tert-OH is 1. The van der Waals surface area contributed by atoms with Crippen LogP contribution in [0.25, 0.3) is 0 Å². The Morgan fingerprint density at radius 2 is 2.23 bits per heavy atom. The monoisotopic (exact) mass is 182 g/mol. The van der Waals surface area contributed by atoms with Crippen molar-refractivity contribution in [2.75, 3.05) is 6.61 Å². The third kappa shape index (κ3) is 2.01. The standard InChI is InChI=1S/C11H18O2/c1-3-11(13)7-5-4-6-10(11)9(2)8-12/h3,10,12-13H,1-2,4-8H2/t10-,11-/m1/s1. The molecule has 0 aromatic rings. The molecule has 1 aliphatic carbocycles. The zero-order chi connectivity index (χ0) is 9.90. The Bertz CT molecular complexity index is 210. The predicted molar refractivity (Wildman–Crippen MR) is 53.3 cm³/mol. The maximum atomic E-state index is 10.2. The summed E-state index contributed by atoms with van der Waals surface area (Å²) in [6.45, 7) is 7.39. The van der Waals surface area contributed by atoms with Gasteiger partial charge in [-0.3, -0.25) is 0 Å². The van der Waals surface area contributed by atoms with Crippen molar-refractivity contribution in [1.29, 1.82) is 0 Å². The highest BCUT2D eigenvalue weighted by Crippen LogP contribution is 2.38. The maximum Gasteiger partial charge on any atom is 0.0890 e. The van der Waals surface area contributed by atoms with Gasteiger partial charge in [0.05, 0.1) is 12.2 Å².